The van der Waals surface area contributed by atoms with Gasteiger partial charge in [0.05, 0.1) is 11.9 Å². The maximum Gasteiger partial charge on any atom is 0.232 e. The number of anilines is 1. The van der Waals surface area contributed by atoms with Crippen molar-refractivity contribution in [1.29, 1.82) is 0 Å². The van der Waals surface area contributed by atoms with Crippen LogP contribution in [0.3, 0.4) is 0 Å². The maximum atomic E-state index is 11.9. The first-order valence-electron chi connectivity index (χ1n) is 6.77. The Balaban J connectivity index is 2.72. The van der Waals surface area contributed by atoms with Gasteiger partial charge in [-0.25, -0.2) is 8.42 Å². The van der Waals surface area contributed by atoms with Gasteiger partial charge in [-0.15, -0.1) is 6.58 Å². The van der Waals surface area contributed by atoms with Crippen molar-refractivity contribution in [2.45, 2.75) is 19.8 Å². The van der Waals surface area contributed by atoms with E-state index < -0.39 is 10.0 Å². The van der Waals surface area contributed by atoms with Crippen molar-refractivity contribution in [3.8, 4) is 0 Å². The van der Waals surface area contributed by atoms with Crippen LogP contribution in [0.1, 0.15) is 18.4 Å². The van der Waals surface area contributed by atoms with Crippen LogP contribution in [0.5, 0.6) is 0 Å². The van der Waals surface area contributed by atoms with Crippen LogP contribution in [0.25, 0.3) is 0 Å². The molecule has 1 aromatic rings. The number of nitrogens with zero attached hydrogens (tertiary/aromatic N) is 1. The van der Waals surface area contributed by atoms with E-state index in [1.807, 2.05) is 19.1 Å². The van der Waals surface area contributed by atoms with Crippen LogP contribution in [-0.2, 0) is 14.8 Å². The van der Waals surface area contributed by atoms with Crippen molar-refractivity contribution < 1.29 is 13.2 Å². The van der Waals surface area contributed by atoms with Gasteiger partial charge >= 0.3 is 0 Å². The molecular weight excluding hydrogens is 288 g/mol. The summed E-state index contributed by atoms with van der Waals surface area (Å²) in [6.07, 6.45) is 3.53. The molecule has 0 spiro atoms. The molecule has 0 aliphatic carbocycles. The highest BCUT2D eigenvalue weighted by molar-refractivity contribution is 7.92. The number of rotatable bonds is 8. The molecule has 0 unspecified atom stereocenters. The van der Waals surface area contributed by atoms with Crippen LogP contribution in [0.15, 0.2) is 36.9 Å². The summed E-state index contributed by atoms with van der Waals surface area (Å²) >= 11 is 0. The molecular formula is C15H22N2O3S. The third kappa shape index (κ3) is 5.59. The average molecular weight is 310 g/mol. The fraction of sp³-hybridized carbons (Fsp3) is 0.400. The van der Waals surface area contributed by atoms with Gasteiger partial charge < -0.3 is 5.32 Å². The molecule has 1 amide bonds. The van der Waals surface area contributed by atoms with Gasteiger partial charge in [0.2, 0.25) is 15.9 Å². The number of benzene rings is 1. The normalized spacial score (nSPS) is 11.0. The molecule has 21 heavy (non-hydrogen) atoms. The smallest absolute Gasteiger partial charge is 0.232 e. The number of amides is 1. The van der Waals surface area contributed by atoms with E-state index in [2.05, 4.69) is 11.9 Å². The predicted octanol–water partition coefficient (Wildman–Crippen LogP) is 1.84. The predicted molar refractivity (Wildman–Crippen MR) is 85.8 cm³/mol. The van der Waals surface area contributed by atoms with Crippen LogP contribution in [0.2, 0.25) is 0 Å². The second-order valence-electron chi connectivity index (χ2n) is 4.82. The molecule has 1 aromatic carbocycles. The summed E-state index contributed by atoms with van der Waals surface area (Å²) < 4.78 is 25.2. The van der Waals surface area contributed by atoms with Gasteiger partial charge in [0.25, 0.3) is 0 Å². The van der Waals surface area contributed by atoms with Crippen LogP contribution < -0.4 is 9.62 Å². The highest BCUT2D eigenvalue weighted by Crippen LogP contribution is 2.22. The number of sulfonamides is 1. The lowest BCUT2D eigenvalue weighted by molar-refractivity contribution is -0.120. The Labute approximate surface area is 126 Å². The molecule has 1 N–H and O–H groups in total. The molecule has 0 aliphatic rings. The van der Waals surface area contributed by atoms with Crippen molar-refractivity contribution in [2.24, 2.45) is 0 Å². The SMILES string of the molecule is C=CCNC(=O)CCCN(c1ccccc1C)S(C)(=O)=O. The standard InChI is InChI=1S/C15H22N2O3S/c1-4-11-16-15(18)10-7-12-17(21(3,19)20)14-9-6-5-8-13(14)2/h4-6,8-9H,1,7,10-12H2,2-3H3,(H,16,18). The Hall–Kier alpha value is -1.82. The fourth-order valence-corrected chi connectivity index (χ4v) is 2.99. The van der Waals surface area contributed by atoms with E-state index in [-0.39, 0.29) is 18.9 Å². The Kier molecular flexibility index (Phi) is 6.42. The number of aryl methyl sites for hydroxylation is 1. The van der Waals surface area contributed by atoms with Crippen molar-refractivity contribution in [1.82, 2.24) is 5.32 Å². The average Bonchev–Trinajstić information content (AvgIpc) is 2.41. The van der Waals surface area contributed by atoms with Gasteiger partial charge in [0.15, 0.2) is 0 Å². The monoisotopic (exact) mass is 310 g/mol. The molecule has 0 aromatic heterocycles. The van der Waals surface area contributed by atoms with E-state index in [1.165, 1.54) is 10.6 Å². The van der Waals surface area contributed by atoms with Crippen LogP contribution in [0, 0.1) is 6.92 Å². The minimum absolute atomic E-state index is 0.104. The number of nitrogens with one attached hydrogen (secondary N) is 1. The third-order valence-corrected chi connectivity index (χ3v) is 4.17. The summed E-state index contributed by atoms with van der Waals surface area (Å²) in [7, 11) is -3.37. The minimum atomic E-state index is -3.37. The number of carbonyl (C=O) groups is 1. The first kappa shape index (κ1) is 17.2. The van der Waals surface area contributed by atoms with Crippen molar-refractivity contribution in [3.05, 3.63) is 42.5 Å². The van der Waals surface area contributed by atoms with Gasteiger partial charge in [-0.05, 0) is 25.0 Å². The lowest BCUT2D eigenvalue weighted by Crippen LogP contribution is -2.32. The molecule has 0 heterocycles. The van der Waals surface area contributed by atoms with E-state index in [0.29, 0.717) is 18.7 Å². The van der Waals surface area contributed by atoms with Crippen molar-refractivity contribution >= 4 is 21.6 Å². The Morgan fingerprint density at radius 1 is 1.38 bits per heavy atom. The summed E-state index contributed by atoms with van der Waals surface area (Å²) in [5.74, 6) is -0.104. The first-order chi connectivity index (χ1) is 9.86. The van der Waals surface area contributed by atoms with Crippen LogP contribution >= 0.6 is 0 Å². The van der Waals surface area contributed by atoms with Gasteiger partial charge in [-0.2, -0.15) is 0 Å². The highest BCUT2D eigenvalue weighted by Gasteiger charge is 2.18. The summed E-state index contributed by atoms with van der Waals surface area (Å²) in [6.45, 7) is 6.09. The Morgan fingerprint density at radius 3 is 2.62 bits per heavy atom. The van der Waals surface area contributed by atoms with E-state index in [4.69, 9.17) is 0 Å². The topological polar surface area (TPSA) is 66.5 Å². The zero-order chi connectivity index (χ0) is 15.9. The first-order valence-corrected chi connectivity index (χ1v) is 8.62. The van der Waals surface area contributed by atoms with Crippen LogP contribution in [0.4, 0.5) is 5.69 Å². The molecule has 0 radical (unpaired) electrons. The van der Waals surface area contributed by atoms with Gasteiger partial charge in [0, 0.05) is 19.5 Å². The second-order valence-corrected chi connectivity index (χ2v) is 6.72. The quantitative estimate of drug-likeness (QED) is 0.745. The number of hydrogen-bond acceptors (Lipinski definition) is 3. The Morgan fingerprint density at radius 2 is 2.05 bits per heavy atom. The summed E-state index contributed by atoms with van der Waals surface area (Å²) in [5, 5.41) is 2.67. The van der Waals surface area contributed by atoms with E-state index in [1.54, 1.807) is 18.2 Å². The summed E-state index contributed by atoms with van der Waals surface area (Å²) in [4.78, 5) is 11.5. The number of para-hydroxylation sites is 1. The van der Waals surface area contributed by atoms with Crippen molar-refractivity contribution in [3.63, 3.8) is 0 Å². The molecule has 0 fully saturated rings. The number of carbonyl (C=O) groups excluding carboxylic acids is 1. The molecule has 0 atom stereocenters. The molecule has 116 valence electrons. The molecule has 5 nitrogen and oxygen atoms in total. The summed E-state index contributed by atoms with van der Waals surface area (Å²) in [5.41, 5.74) is 1.55. The molecule has 1 rings (SSSR count). The van der Waals surface area contributed by atoms with Gasteiger partial charge in [0.1, 0.15) is 0 Å². The molecule has 6 heteroatoms. The van der Waals surface area contributed by atoms with E-state index >= 15 is 0 Å². The van der Waals surface area contributed by atoms with Gasteiger partial charge in [-0.1, -0.05) is 24.3 Å². The second kappa shape index (κ2) is 7.83. The van der Waals surface area contributed by atoms with Crippen LogP contribution in [-0.4, -0.2) is 33.7 Å². The van der Waals surface area contributed by atoms with E-state index in [9.17, 15) is 13.2 Å². The molecule has 0 saturated carbocycles. The highest BCUT2D eigenvalue weighted by atomic mass is 32.2. The zero-order valence-electron chi connectivity index (χ0n) is 12.5. The zero-order valence-corrected chi connectivity index (χ0v) is 13.3. The molecule has 0 aliphatic heterocycles. The molecule has 0 bridgehead atoms. The third-order valence-electron chi connectivity index (χ3n) is 2.99. The minimum Gasteiger partial charge on any atom is -0.353 e. The Bertz CT molecular complexity index is 597. The summed E-state index contributed by atoms with van der Waals surface area (Å²) in [6, 6.07) is 7.30. The lowest BCUT2D eigenvalue weighted by Gasteiger charge is -2.24. The molecule has 0 saturated heterocycles. The van der Waals surface area contributed by atoms with Gasteiger partial charge in [-0.3, -0.25) is 9.10 Å². The number of hydrogen-bond donors (Lipinski definition) is 1. The lowest BCUT2D eigenvalue weighted by atomic mass is 10.2. The maximum absolute atomic E-state index is 11.9. The van der Waals surface area contributed by atoms with E-state index in [0.717, 1.165) is 5.56 Å². The largest absolute Gasteiger partial charge is 0.353 e. The fourth-order valence-electron chi connectivity index (χ4n) is 1.97. The van der Waals surface area contributed by atoms with Crippen molar-refractivity contribution in [2.75, 3.05) is 23.7 Å².